The van der Waals surface area contributed by atoms with Crippen molar-refractivity contribution in [1.82, 2.24) is 4.98 Å². The van der Waals surface area contributed by atoms with Crippen molar-refractivity contribution in [3.8, 4) is 11.8 Å². The summed E-state index contributed by atoms with van der Waals surface area (Å²) < 4.78 is 11.2. The number of nitrogens with one attached hydrogen (secondary N) is 1. The monoisotopic (exact) mass is 439 g/mol. The van der Waals surface area contributed by atoms with Gasteiger partial charge in [-0.3, -0.25) is 4.79 Å². The molecule has 1 unspecified atom stereocenters. The Bertz CT molecular complexity index is 1290. The summed E-state index contributed by atoms with van der Waals surface area (Å²) in [6.07, 6.45) is 1.22. The molecule has 0 aliphatic carbocycles. The molecule has 0 amide bonds. The molecule has 0 fully saturated rings. The van der Waals surface area contributed by atoms with E-state index in [4.69, 9.17) is 32.7 Å². The first kappa shape index (κ1) is 20.0. The van der Waals surface area contributed by atoms with Crippen LogP contribution in [0.25, 0.3) is 10.9 Å². The number of nitrogens with zero attached hydrogens (tertiary/aromatic N) is 2. The average Bonchev–Trinajstić information content (AvgIpc) is 2.74. The quantitative estimate of drug-likeness (QED) is 0.449. The van der Waals surface area contributed by atoms with Crippen LogP contribution >= 0.6 is 23.2 Å². The Hall–Kier alpha value is -3.27. The minimum Gasteiger partial charge on any atom is -0.483 e. The van der Waals surface area contributed by atoms with Crippen molar-refractivity contribution >= 4 is 40.5 Å². The third-order valence-corrected chi connectivity index (χ3v) is 5.19. The Morgan fingerprint density at radius 2 is 1.97 bits per heavy atom. The Morgan fingerprint density at radius 1 is 1.23 bits per heavy atom. The normalized spacial score (nSPS) is 15.7. The molecule has 1 aliphatic heterocycles. The lowest BCUT2D eigenvalue weighted by Gasteiger charge is -2.26. The first-order valence-electron chi connectivity index (χ1n) is 9.10. The summed E-state index contributed by atoms with van der Waals surface area (Å²) in [5.41, 5.74) is 1.40. The van der Waals surface area contributed by atoms with E-state index in [1.54, 1.807) is 42.5 Å². The molecule has 150 valence electrons. The number of pyridine rings is 1. The zero-order valence-corrected chi connectivity index (χ0v) is 17.3. The van der Waals surface area contributed by atoms with Crippen molar-refractivity contribution in [3.63, 3.8) is 0 Å². The lowest BCUT2D eigenvalue weighted by atomic mass is 9.83. The SMILES string of the molecule is CCO/C=N/C1=C(C#N)C(c2ccc(Cl)cc2)c2c(c3cc(Cl)ccc3[nH]c2=O)O1. The van der Waals surface area contributed by atoms with Gasteiger partial charge >= 0.3 is 0 Å². The van der Waals surface area contributed by atoms with Gasteiger partial charge in [0.25, 0.3) is 5.56 Å². The summed E-state index contributed by atoms with van der Waals surface area (Å²) >= 11 is 12.2. The molecule has 4 rings (SSSR count). The van der Waals surface area contributed by atoms with Gasteiger partial charge in [0, 0.05) is 15.4 Å². The van der Waals surface area contributed by atoms with Crippen molar-refractivity contribution in [1.29, 1.82) is 5.26 Å². The summed E-state index contributed by atoms with van der Waals surface area (Å²) in [5, 5.41) is 11.6. The van der Waals surface area contributed by atoms with Gasteiger partial charge in [-0.25, -0.2) is 0 Å². The molecule has 0 saturated heterocycles. The molecule has 1 aliphatic rings. The highest BCUT2D eigenvalue weighted by atomic mass is 35.5. The molecule has 1 atom stereocenters. The number of halogens is 2. The predicted molar refractivity (Wildman–Crippen MR) is 116 cm³/mol. The number of nitriles is 1. The lowest BCUT2D eigenvalue weighted by Crippen LogP contribution is -2.25. The van der Waals surface area contributed by atoms with E-state index >= 15 is 0 Å². The molecule has 6 nitrogen and oxygen atoms in total. The number of rotatable bonds is 4. The topological polar surface area (TPSA) is 87.5 Å². The van der Waals surface area contributed by atoms with Gasteiger partial charge in [0.15, 0.2) is 6.40 Å². The van der Waals surface area contributed by atoms with Crippen LogP contribution in [0, 0.1) is 11.3 Å². The molecular weight excluding hydrogens is 425 g/mol. The first-order valence-corrected chi connectivity index (χ1v) is 9.86. The first-order chi connectivity index (χ1) is 14.5. The lowest BCUT2D eigenvalue weighted by molar-refractivity contribution is 0.336. The van der Waals surface area contributed by atoms with Gasteiger partial charge < -0.3 is 14.5 Å². The number of H-pyrrole nitrogens is 1. The number of aromatic nitrogens is 1. The Kier molecular flexibility index (Phi) is 5.49. The number of hydrogen-bond acceptors (Lipinski definition) is 5. The van der Waals surface area contributed by atoms with Crippen LogP contribution in [-0.4, -0.2) is 18.0 Å². The molecule has 0 spiro atoms. The number of fused-ring (bicyclic) bond motifs is 3. The molecule has 2 aromatic carbocycles. The predicted octanol–water partition coefficient (Wildman–Crippen LogP) is 5.16. The number of allylic oxidation sites excluding steroid dienone is 1. The second-order valence-electron chi connectivity index (χ2n) is 6.49. The Labute approximate surface area is 182 Å². The highest BCUT2D eigenvalue weighted by Crippen LogP contribution is 2.44. The number of ether oxygens (including phenoxy) is 2. The number of benzene rings is 2. The molecule has 3 aromatic rings. The van der Waals surface area contributed by atoms with E-state index in [0.717, 1.165) is 0 Å². The van der Waals surface area contributed by atoms with Crippen LogP contribution in [0.4, 0.5) is 0 Å². The van der Waals surface area contributed by atoms with E-state index in [2.05, 4.69) is 16.0 Å². The van der Waals surface area contributed by atoms with E-state index in [9.17, 15) is 10.1 Å². The molecular formula is C22H15Cl2N3O3. The molecule has 8 heteroatoms. The standard InChI is InChI=1S/C22H15Cl2N3O3/c1-2-29-11-26-22-16(10-25)18(12-3-5-13(23)6-4-12)19-20(30-22)15-9-14(24)7-8-17(15)27-21(19)28/h3-9,11,18H,2H2,1H3,(H,27,28)/b26-11+. The zero-order valence-electron chi connectivity index (χ0n) is 15.8. The fourth-order valence-corrected chi connectivity index (χ4v) is 3.70. The molecule has 1 N–H and O–H groups in total. The molecule has 1 aromatic heterocycles. The van der Waals surface area contributed by atoms with E-state index in [0.29, 0.717) is 44.4 Å². The van der Waals surface area contributed by atoms with Crippen LogP contribution in [0.15, 0.2) is 63.7 Å². The zero-order chi connectivity index (χ0) is 21.3. The fourth-order valence-electron chi connectivity index (χ4n) is 3.40. The van der Waals surface area contributed by atoms with Crippen LogP contribution in [0.1, 0.15) is 24.0 Å². The summed E-state index contributed by atoms with van der Waals surface area (Å²) in [5.74, 6) is -0.332. The van der Waals surface area contributed by atoms with Gasteiger partial charge in [-0.2, -0.15) is 10.3 Å². The Balaban J connectivity index is 2.04. The van der Waals surface area contributed by atoms with Crippen LogP contribution in [0.5, 0.6) is 5.75 Å². The molecule has 0 saturated carbocycles. The highest BCUT2D eigenvalue weighted by Gasteiger charge is 2.35. The van der Waals surface area contributed by atoms with Gasteiger partial charge in [-0.15, -0.1) is 0 Å². The fraction of sp³-hybridized carbons (Fsp3) is 0.136. The Morgan fingerprint density at radius 3 is 2.67 bits per heavy atom. The van der Waals surface area contributed by atoms with E-state index in [1.165, 1.54) is 6.40 Å². The average molecular weight is 440 g/mol. The van der Waals surface area contributed by atoms with Crippen molar-refractivity contribution in [3.05, 3.63) is 85.4 Å². The van der Waals surface area contributed by atoms with Crippen molar-refractivity contribution in [2.75, 3.05) is 6.61 Å². The maximum Gasteiger partial charge on any atom is 0.256 e. The van der Waals surface area contributed by atoms with Crippen LogP contribution < -0.4 is 10.3 Å². The summed E-state index contributed by atoms with van der Waals surface area (Å²) in [4.78, 5) is 20.1. The van der Waals surface area contributed by atoms with E-state index in [-0.39, 0.29) is 17.0 Å². The van der Waals surface area contributed by atoms with Crippen molar-refractivity contribution in [2.24, 2.45) is 4.99 Å². The third kappa shape index (κ3) is 3.54. The third-order valence-electron chi connectivity index (χ3n) is 4.71. The second kappa shape index (κ2) is 8.23. The van der Waals surface area contributed by atoms with Gasteiger partial charge in [0.1, 0.15) is 17.4 Å². The van der Waals surface area contributed by atoms with Crippen LogP contribution in [-0.2, 0) is 4.74 Å². The summed E-state index contributed by atoms with van der Waals surface area (Å²) in [6.45, 7) is 2.22. The van der Waals surface area contributed by atoms with Gasteiger partial charge in [0.2, 0.25) is 5.88 Å². The van der Waals surface area contributed by atoms with Crippen molar-refractivity contribution < 1.29 is 9.47 Å². The molecule has 0 radical (unpaired) electrons. The molecule has 2 heterocycles. The van der Waals surface area contributed by atoms with Gasteiger partial charge in [-0.1, -0.05) is 35.3 Å². The minimum absolute atomic E-state index is 0.0604. The highest BCUT2D eigenvalue weighted by molar-refractivity contribution is 6.31. The second-order valence-corrected chi connectivity index (χ2v) is 7.37. The van der Waals surface area contributed by atoms with E-state index in [1.807, 2.05) is 6.92 Å². The maximum absolute atomic E-state index is 13.1. The molecule has 30 heavy (non-hydrogen) atoms. The summed E-state index contributed by atoms with van der Waals surface area (Å²) in [6, 6.07) is 14.2. The van der Waals surface area contributed by atoms with E-state index < -0.39 is 5.92 Å². The smallest absolute Gasteiger partial charge is 0.256 e. The van der Waals surface area contributed by atoms with Crippen LogP contribution in [0.2, 0.25) is 10.0 Å². The number of aliphatic imine (C=N–C) groups is 1. The number of hydrogen-bond donors (Lipinski definition) is 1. The molecule has 0 bridgehead atoms. The minimum atomic E-state index is -0.697. The van der Waals surface area contributed by atoms with Crippen LogP contribution in [0.3, 0.4) is 0 Å². The van der Waals surface area contributed by atoms with Gasteiger partial charge in [0.05, 0.1) is 23.6 Å². The maximum atomic E-state index is 13.1. The largest absolute Gasteiger partial charge is 0.483 e. The number of aromatic amines is 1. The van der Waals surface area contributed by atoms with Crippen molar-refractivity contribution in [2.45, 2.75) is 12.8 Å². The summed E-state index contributed by atoms with van der Waals surface area (Å²) in [7, 11) is 0. The van der Waals surface area contributed by atoms with Gasteiger partial charge in [-0.05, 0) is 42.8 Å².